The molecular formula is C14H14N2O4S2. The third-order valence-corrected chi connectivity index (χ3v) is 4.31. The lowest BCUT2D eigenvalue weighted by atomic mass is 10.2. The summed E-state index contributed by atoms with van der Waals surface area (Å²) in [6, 6.07) is 8.92. The Hall–Kier alpha value is -2.03. The topological polar surface area (TPSA) is 85.4 Å². The average Bonchev–Trinajstić information content (AvgIpc) is 2.95. The minimum absolute atomic E-state index is 0.0498. The highest BCUT2D eigenvalue weighted by Crippen LogP contribution is 2.11. The number of methoxy groups -OCH3 is 1. The molecule has 1 amide bonds. The summed E-state index contributed by atoms with van der Waals surface area (Å²) in [5.41, 5.74) is 0.769. The van der Waals surface area contributed by atoms with Crippen LogP contribution in [0, 0.1) is 0 Å². The Kier molecular flexibility index (Phi) is 5.42. The lowest BCUT2D eigenvalue weighted by Crippen LogP contribution is -2.29. The van der Waals surface area contributed by atoms with E-state index in [0.717, 1.165) is 11.0 Å². The lowest BCUT2D eigenvalue weighted by Gasteiger charge is -2.00. The number of ether oxygens (including phenoxy) is 1. The molecule has 0 radical (unpaired) electrons. The molecule has 0 atom stereocenters. The molecule has 0 unspecified atom stereocenters. The number of thiazole rings is 1. The second-order valence-electron chi connectivity index (χ2n) is 4.25. The zero-order valence-corrected chi connectivity index (χ0v) is 13.4. The van der Waals surface area contributed by atoms with Crippen molar-refractivity contribution in [2.45, 2.75) is 6.61 Å². The normalized spacial score (nSPS) is 11.7. The molecule has 1 N–H and O–H groups in total. The molecule has 0 aliphatic heterocycles. The standard InChI is InChI=1S/C14H14N2O4S2/c1-20-9-13-15-12(10-21-13)14(17)16-22(18,19)8-7-11-5-3-2-4-6-11/h2-8,10H,9H2,1H3,(H,16,17). The number of hydrogen-bond donors (Lipinski definition) is 1. The maximum absolute atomic E-state index is 11.9. The highest BCUT2D eigenvalue weighted by Gasteiger charge is 2.16. The predicted molar refractivity (Wildman–Crippen MR) is 84.7 cm³/mol. The van der Waals surface area contributed by atoms with Crippen LogP contribution in [-0.2, 0) is 21.4 Å². The van der Waals surface area contributed by atoms with Gasteiger partial charge in [0.05, 0.1) is 12.0 Å². The maximum atomic E-state index is 11.9. The van der Waals surface area contributed by atoms with Crippen LogP contribution in [0.2, 0.25) is 0 Å². The number of aromatic nitrogens is 1. The molecule has 1 heterocycles. The van der Waals surface area contributed by atoms with E-state index in [1.807, 2.05) is 10.8 Å². The van der Waals surface area contributed by atoms with Gasteiger partial charge in [-0.25, -0.2) is 18.1 Å². The molecule has 6 nitrogen and oxygen atoms in total. The lowest BCUT2D eigenvalue weighted by molar-refractivity contribution is 0.0977. The fraction of sp³-hybridized carbons (Fsp3) is 0.143. The van der Waals surface area contributed by atoms with Gasteiger partial charge in [-0.3, -0.25) is 4.79 Å². The van der Waals surface area contributed by atoms with Gasteiger partial charge in [0.2, 0.25) is 0 Å². The van der Waals surface area contributed by atoms with E-state index in [9.17, 15) is 13.2 Å². The Labute approximate surface area is 132 Å². The summed E-state index contributed by atoms with van der Waals surface area (Å²) in [6.45, 7) is 0.276. The third kappa shape index (κ3) is 4.76. The minimum Gasteiger partial charge on any atom is -0.378 e. The van der Waals surface area contributed by atoms with Crippen LogP contribution in [0.25, 0.3) is 6.08 Å². The first-order valence-corrected chi connectivity index (χ1v) is 8.66. The molecule has 2 aromatic rings. The summed E-state index contributed by atoms with van der Waals surface area (Å²) in [6.07, 6.45) is 1.41. The first kappa shape index (κ1) is 16.3. The summed E-state index contributed by atoms with van der Waals surface area (Å²) in [4.78, 5) is 15.9. The van der Waals surface area contributed by atoms with Gasteiger partial charge < -0.3 is 4.74 Å². The van der Waals surface area contributed by atoms with Crippen molar-refractivity contribution in [3.05, 3.63) is 57.4 Å². The van der Waals surface area contributed by atoms with Crippen LogP contribution in [0.4, 0.5) is 0 Å². The Morgan fingerprint density at radius 1 is 1.36 bits per heavy atom. The van der Waals surface area contributed by atoms with Crippen LogP contribution in [0.3, 0.4) is 0 Å². The summed E-state index contributed by atoms with van der Waals surface area (Å²) < 4.78 is 30.5. The minimum atomic E-state index is -3.88. The first-order chi connectivity index (χ1) is 10.5. The molecule has 2 rings (SSSR count). The van der Waals surface area contributed by atoms with Crippen molar-refractivity contribution in [3.63, 3.8) is 0 Å². The van der Waals surface area contributed by atoms with Crippen molar-refractivity contribution in [1.82, 2.24) is 9.71 Å². The Morgan fingerprint density at radius 3 is 2.77 bits per heavy atom. The average molecular weight is 338 g/mol. The van der Waals surface area contributed by atoms with Crippen LogP contribution in [-0.4, -0.2) is 26.4 Å². The number of rotatable bonds is 6. The molecule has 0 saturated heterocycles. The molecule has 0 aliphatic rings. The number of benzene rings is 1. The third-order valence-electron chi connectivity index (χ3n) is 2.53. The van der Waals surface area contributed by atoms with Crippen LogP contribution < -0.4 is 4.72 Å². The van der Waals surface area contributed by atoms with E-state index in [1.54, 1.807) is 24.3 Å². The van der Waals surface area contributed by atoms with Crippen molar-refractivity contribution < 1.29 is 17.9 Å². The number of sulfonamides is 1. The summed E-state index contributed by atoms with van der Waals surface area (Å²) >= 11 is 1.23. The number of carbonyl (C=O) groups is 1. The number of carbonyl (C=O) groups excluding carboxylic acids is 1. The van der Waals surface area contributed by atoms with E-state index in [-0.39, 0.29) is 12.3 Å². The Balaban J connectivity index is 2.04. The van der Waals surface area contributed by atoms with Crippen LogP contribution in [0.1, 0.15) is 21.1 Å². The molecule has 116 valence electrons. The van der Waals surface area contributed by atoms with Gasteiger partial charge in [0.25, 0.3) is 15.9 Å². The fourth-order valence-electron chi connectivity index (χ4n) is 1.55. The molecule has 0 saturated carbocycles. The van der Waals surface area contributed by atoms with E-state index in [0.29, 0.717) is 5.01 Å². The van der Waals surface area contributed by atoms with Crippen LogP contribution in [0.15, 0.2) is 41.1 Å². The van der Waals surface area contributed by atoms with Gasteiger partial charge in [-0.05, 0) is 11.6 Å². The second-order valence-corrected chi connectivity index (χ2v) is 6.76. The Morgan fingerprint density at radius 2 is 2.09 bits per heavy atom. The quantitative estimate of drug-likeness (QED) is 0.871. The van der Waals surface area contributed by atoms with Crippen molar-refractivity contribution in [2.75, 3.05) is 7.11 Å². The van der Waals surface area contributed by atoms with Crippen molar-refractivity contribution >= 4 is 33.3 Å². The van der Waals surface area contributed by atoms with E-state index in [2.05, 4.69) is 4.98 Å². The Bertz CT molecular complexity index is 767. The van der Waals surface area contributed by atoms with E-state index in [4.69, 9.17) is 4.74 Å². The highest BCUT2D eigenvalue weighted by atomic mass is 32.2. The van der Waals surface area contributed by atoms with Crippen LogP contribution >= 0.6 is 11.3 Å². The molecule has 0 bridgehead atoms. The van der Waals surface area contributed by atoms with Crippen molar-refractivity contribution in [1.29, 1.82) is 0 Å². The smallest absolute Gasteiger partial charge is 0.284 e. The highest BCUT2D eigenvalue weighted by molar-refractivity contribution is 7.93. The predicted octanol–water partition coefficient (Wildman–Crippen LogP) is 2.02. The number of amides is 1. The fourth-order valence-corrected chi connectivity index (χ4v) is 3.06. The summed E-state index contributed by atoms with van der Waals surface area (Å²) in [5.74, 6) is -0.767. The number of nitrogens with one attached hydrogen (secondary N) is 1. The largest absolute Gasteiger partial charge is 0.378 e. The molecule has 0 fully saturated rings. The summed E-state index contributed by atoms with van der Waals surface area (Å²) in [5, 5.41) is 3.04. The van der Waals surface area contributed by atoms with E-state index < -0.39 is 15.9 Å². The monoisotopic (exact) mass is 338 g/mol. The zero-order chi connectivity index (χ0) is 16.0. The van der Waals surface area contributed by atoms with E-state index >= 15 is 0 Å². The molecule has 1 aromatic heterocycles. The van der Waals surface area contributed by atoms with Gasteiger partial charge in [-0.2, -0.15) is 0 Å². The molecule has 22 heavy (non-hydrogen) atoms. The molecule has 0 spiro atoms. The van der Waals surface area contributed by atoms with E-state index in [1.165, 1.54) is 29.9 Å². The molecule has 0 aliphatic carbocycles. The van der Waals surface area contributed by atoms with Gasteiger partial charge in [0.1, 0.15) is 10.7 Å². The van der Waals surface area contributed by atoms with Crippen molar-refractivity contribution in [3.8, 4) is 0 Å². The van der Waals surface area contributed by atoms with Crippen molar-refractivity contribution in [2.24, 2.45) is 0 Å². The summed E-state index contributed by atoms with van der Waals surface area (Å²) in [7, 11) is -2.36. The van der Waals surface area contributed by atoms with Crippen LogP contribution in [0.5, 0.6) is 0 Å². The second kappa shape index (κ2) is 7.30. The van der Waals surface area contributed by atoms with Gasteiger partial charge in [0, 0.05) is 12.5 Å². The van der Waals surface area contributed by atoms with Gasteiger partial charge in [0.15, 0.2) is 0 Å². The SMILES string of the molecule is COCc1nc(C(=O)NS(=O)(=O)C=Cc2ccccc2)cs1. The van der Waals surface area contributed by atoms with Gasteiger partial charge in [-0.15, -0.1) is 11.3 Å². The number of hydrogen-bond acceptors (Lipinski definition) is 6. The molecule has 1 aromatic carbocycles. The zero-order valence-electron chi connectivity index (χ0n) is 11.7. The molecule has 8 heteroatoms. The number of nitrogens with zero attached hydrogens (tertiary/aromatic N) is 1. The first-order valence-electron chi connectivity index (χ1n) is 6.24. The molecular weight excluding hydrogens is 324 g/mol. The maximum Gasteiger partial charge on any atom is 0.284 e. The van der Waals surface area contributed by atoms with Gasteiger partial charge >= 0.3 is 0 Å². The van der Waals surface area contributed by atoms with Gasteiger partial charge in [-0.1, -0.05) is 30.3 Å².